The minimum Gasteiger partial charge on any atom is -0.480 e. The van der Waals surface area contributed by atoms with Gasteiger partial charge in [0.1, 0.15) is 0 Å². The van der Waals surface area contributed by atoms with Crippen LogP contribution in [0.3, 0.4) is 0 Å². The molecule has 1 atom stereocenters. The van der Waals surface area contributed by atoms with Gasteiger partial charge in [0.2, 0.25) is 0 Å². The predicted molar refractivity (Wildman–Crippen MR) is 63.3 cm³/mol. The van der Waals surface area contributed by atoms with Gasteiger partial charge in [0.25, 0.3) is 5.91 Å². The Hall–Kier alpha value is -1.54. The molecule has 0 aromatic rings. The van der Waals surface area contributed by atoms with Crippen LogP contribution in [-0.4, -0.2) is 48.1 Å². The predicted octanol–water partition coefficient (Wildman–Crippen LogP) is -0.0775. The lowest BCUT2D eigenvalue weighted by Crippen LogP contribution is -2.43. The zero-order valence-electron chi connectivity index (χ0n) is 10.0. The number of piperidine rings is 1. The van der Waals surface area contributed by atoms with Gasteiger partial charge in [-0.3, -0.25) is 9.59 Å². The molecule has 17 heavy (non-hydrogen) atoms. The van der Waals surface area contributed by atoms with Crippen molar-refractivity contribution in [2.45, 2.75) is 19.8 Å². The monoisotopic (exact) mass is 238 g/mol. The van der Waals surface area contributed by atoms with Crippen LogP contribution in [0.4, 0.5) is 0 Å². The van der Waals surface area contributed by atoms with E-state index in [2.05, 4.69) is 17.2 Å². The molecular weight excluding hydrogens is 220 g/mol. The number of carbonyl (C=O) groups excluding carboxylic acids is 1. The van der Waals surface area contributed by atoms with Gasteiger partial charge < -0.3 is 15.3 Å². The van der Waals surface area contributed by atoms with E-state index in [1.165, 1.54) is 0 Å². The zero-order valence-corrected chi connectivity index (χ0v) is 10.0. The minimum absolute atomic E-state index is 0.0286. The molecule has 1 fully saturated rings. The number of nitrogens with one attached hydrogen (secondary N) is 1. The molecule has 0 aliphatic carbocycles. The normalized spacial score (nSPS) is 19.4. The second-order valence-electron chi connectivity index (χ2n) is 4.16. The standard InChI is InChI=1S/C12H18N2O3/c1-2-4-11(15)14-6-3-5-10(9-14)7-13-8-12(16)17/h10,13H,3,5-9H2,1H3,(H,16,17). The lowest BCUT2D eigenvalue weighted by molar-refractivity contribution is -0.136. The van der Waals surface area contributed by atoms with Crippen molar-refractivity contribution in [1.82, 2.24) is 10.2 Å². The number of carboxylic acids is 1. The fourth-order valence-electron chi connectivity index (χ4n) is 1.99. The molecule has 0 radical (unpaired) electrons. The molecule has 1 saturated heterocycles. The largest absolute Gasteiger partial charge is 0.480 e. The molecular formula is C12H18N2O3. The summed E-state index contributed by atoms with van der Waals surface area (Å²) < 4.78 is 0. The number of amides is 1. The van der Waals surface area contributed by atoms with Crippen molar-refractivity contribution in [3.05, 3.63) is 0 Å². The molecule has 1 aliphatic rings. The highest BCUT2D eigenvalue weighted by Gasteiger charge is 2.22. The number of nitrogens with zero attached hydrogens (tertiary/aromatic N) is 1. The zero-order chi connectivity index (χ0) is 12.7. The fourth-order valence-corrected chi connectivity index (χ4v) is 1.99. The molecule has 1 aliphatic heterocycles. The molecule has 1 unspecified atom stereocenters. The Morgan fingerprint density at radius 3 is 2.94 bits per heavy atom. The lowest BCUT2D eigenvalue weighted by Gasteiger charge is -2.31. The third-order valence-corrected chi connectivity index (χ3v) is 2.75. The van der Waals surface area contributed by atoms with E-state index in [-0.39, 0.29) is 12.5 Å². The van der Waals surface area contributed by atoms with Crippen molar-refractivity contribution in [2.24, 2.45) is 5.92 Å². The van der Waals surface area contributed by atoms with Crippen molar-refractivity contribution in [1.29, 1.82) is 0 Å². The van der Waals surface area contributed by atoms with Crippen molar-refractivity contribution in [3.63, 3.8) is 0 Å². The first-order valence-electron chi connectivity index (χ1n) is 5.77. The van der Waals surface area contributed by atoms with E-state index in [9.17, 15) is 9.59 Å². The Bertz CT molecular complexity index is 343. The van der Waals surface area contributed by atoms with Crippen LogP contribution in [0.1, 0.15) is 19.8 Å². The van der Waals surface area contributed by atoms with Crippen LogP contribution >= 0.6 is 0 Å². The molecule has 1 amide bonds. The Balaban J connectivity index is 2.35. The van der Waals surface area contributed by atoms with Gasteiger partial charge in [-0.15, -0.1) is 0 Å². The summed E-state index contributed by atoms with van der Waals surface area (Å²) in [6.45, 7) is 3.67. The van der Waals surface area contributed by atoms with Gasteiger partial charge in [0.05, 0.1) is 6.54 Å². The summed E-state index contributed by atoms with van der Waals surface area (Å²) in [6, 6.07) is 0. The fraction of sp³-hybridized carbons (Fsp3) is 0.667. The van der Waals surface area contributed by atoms with E-state index >= 15 is 0 Å². The number of hydrogen-bond donors (Lipinski definition) is 2. The lowest BCUT2D eigenvalue weighted by atomic mass is 9.98. The van der Waals surface area contributed by atoms with Crippen LogP contribution in [-0.2, 0) is 9.59 Å². The van der Waals surface area contributed by atoms with Gasteiger partial charge in [0.15, 0.2) is 0 Å². The average molecular weight is 238 g/mol. The van der Waals surface area contributed by atoms with Crippen molar-refractivity contribution < 1.29 is 14.7 Å². The van der Waals surface area contributed by atoms with E-state index in [1.807, 2.05) is 0 Å². The highest BCUT2D eigenvalue weighted by atomic mass is 16.4. The Labute approximate surface area is 101 Å². The summed E-state index contributed by atoms with van der Waals surface area (Å²) in [5.74, 6) is 4.48. The highest BCUT2D eigenvalue weighted by molar-refractivity contribution is 5.93. The molecule has 1 heterocycles. The van der Waals surface area contributed by atoms with Gasteiger partial charge in [-0.05, 0) is 31.6 Å². The number of likely N-dealkylation sites (tertiary alicyclic amines) is 1. The number of carboxylic acid groups (broad SMARTS) is 1. The quantitative estimate of drug-likeness (QED) is 0.672. The summed E-state index contributed by atoms with van der Waals surface area (Å²) in [7, 11) is 0. The minimum atomic E-state index is -0.856. The first kappa shape index (κ1) is 13.5. The van der Waals surface area contributed by atoms with E-state index < -0.39 is 5.97 Å². The molecule has 0 aromatic heterocycles. The molecule has 1 rings (SSSR count). The molecule has 94 valence electrons. The number of rotatable bonds is 4. The van der Waals surface area contributed by atoms with Crippen molar-refractivity contribution >= 4 is 11.9 Å². The number of carbonyl (C=O) groups is 2. The third-order valence-electron chi connectivity index (χ3n) is 2.75. The molecule has 2 N–H and O–H groups in total. The summed E-state index contributed by atoms with van der Waals surface area (Å²) in [5, 5.41) is 11.4. The van der Waals surface area contributed by atoms with Gasteiger partial charge >= 0.3 is 5.97 Å². The van der Waals surface area contributed by atoms with Crippen LogP contribution in [0.2, 0.25) is 0 Å². The maximum absolute atomic E-state index is 11.6. The third kappa shape index (κ3) is 4.87. The maximum atomic E-state index is 11.6. The maximum Gasteiger partial charge on any atom is 0.317 e. The second kappa shape index (κ2) is 6.92. The Morgan fingerprint density at radius 1 is 1.53 bits per heavy atom. The molecule has 0 aromatic carbocycles. The van der Waals surface area contributed by atoms with Gasteiger partial charge in [-0.2, -0.15) is 0 Å². The highest BCUT2D eigenvalue weighted by Crippen LogP contribution is 2.15. The van der Waals surface area contributed by atoms with Crippen molar-refractivity contribution in [2.75, 3.05) is 26.2 Å². The SMILES string of the molecule is CC#CC(=O)N1CCCC(CNCC(=O)O)C1. The van der Waals surface area contributed by atoms with Crippen LogP contribution in [0.5, 0.6) is 0 Å². The topological polar surface area (TPSA) is 69.6 Å². The molecule has 0 bridgehead atoms. The molecule has 5 nitrogen and oxygen atoms in total. The number of hydrogen-bond acceptors (Lipinski definition) is 3. The summed E-state index contributed by atoms with van der Waals surface area (Å²) >= 11 is 0. The first-order valence-corrected chi connectivity index (χ1v) is 5.77. The van der Waals surface area contributed by atoms with E-state index in [4.69, 9.17) is 5.11 Å². The van der Waals surface area contributed by atoms with Gasteiger partial charge in [-0.25, -0.2) is 0 Å². The number of aliphatic carboxylic acids is 1. The smallest absolute Gasteiger partial charge is 0.317 e. The Morgan fingerprint density at radius 2 is 2.29 bits per heavy atom. The van der Waals surface area contributed by atoms with E-state index in [0.29, 0.717) is 19.0 Å². The van der Waals surface area contributed by atoms with Gasteiger partial charge in [-0.1, -0.05) is 5.92 Å². The van der Waals surface area contributed by atoms with E-state index in [1.54, 1.807) is 11.8 Å². The van der Waals surface area contributed by atoms with Crippen LogP contribution < -0.4 is 5.32 Å². The van der Waals surface area contributed by atoms with E-state index in [0.717, 1.165) is 19.4 Å². The molecule has 0 spiro atoms. The van der Waals surface area contributed by atoms with Crippen LogP contribution in [0.15, 0.2) is 0 Å². The molecule has 5 heteroatoms. The van der Waals surface area contributed by atoms with Crippen molar-refractivity contribution in [3.8, 4) is 11.8 Å². The second-order valence-corrected chi connectivity index (χ2v) is 4.16. The van der Waals surface area contributed by atoms with Crippen LogP contribution in [0.25, 0.3) is 0 Å². The average Bonchev–Trinajstić information content (AvgIpc) is 2.29. The van der Waals surface area contributed by atoms with Crippen LogP contribution in [0, 0.1) is 17.8 Å². The molecule has 0 saturated carbocycles. The Kier molecular flexibility index (Phi) is 5.50. The summed E-state index contributed by atoms with van der Waals surface area (Å²) in [5.41, 5.74) is 0. The summed E-state index contributed by atoms with van der Waals surface area (Å²) in [6.07, 6.45) is 1.98. The first-order chi connectivity index (χ1) is 8.13. The summed E-state index contributed by atoms with van der Waals surface area (Å²) in [4.78, 5) is 23.7. The van der Waals surface area contributed by atoms with Gasteiger partial charge in [0, 0.05) is 19.6 Å².